The molecule has 2 aromatic rings. The average molecular weight is 317 g/mol. The molecule has 0 aliphatic carbocycles. The molecule has 1 fully saturated rings. The van der Waals surface area contributed by atoms with Crippen molar-refractivity contribution in [3.8, 4) is 0 Å². The van der Waals surface area contributed by atoms with E-state index in [0.29, 0.717) is 4.88 Å². The molecule has 0 radical (unpaired) electrons. The van der Waals surface area contributed by atoms with Crippen molar-refractivity contribution in [2.24, 2.45) is 0 Å². The zero-order valence-corrected chi connectivity index (χ0v) is 13.3. The van der Waals surface area contributed by atoms with Gasteiger partial charge in [0.05, 0.1) is 5.69 Å². The van der Waals surface area contributed by atoms with Crippen LogP contribution in [0.5, 0.6) is 0 Å². The standard InChI is InChI=1S/C15H19N5OS/c1-2-12-14(22-19-18-12)15(21)17-11-6-5-9-20(10-11)13-7-3-4-8-16-13/h3-4,7-8,11H,2,5-6,9-10H2,1H3,(H,17,21). The van der Waals surface area contributed by atoms with Gasteiger partial charge in [-0.05, 0) is 42.9 Å². The molecule has 1 unspecified atom stereocenters. The molecular weight excluding hydrogens is 298 g/mol. The van der Waals surface area contributed by atoms with Crippen LogP contribution in [0.3, 0.4) is 0 Å². The van der Waals surface area contributed by atoms with E-state index in [-0.39, 0.29) is 11.9 Å². The highest BCUT2D eigenvalue weighted by Gasteiger charge is 2.24. The van der Waals surface area contributed by atoms with Gasteiger partial charge in [0.1, 0.15) is 10.7 Å². The Hall–Kier alpha value is -2.02. The number of nitrogens with zero attached hydrogens (tertiary/aromatic N) is 4. The van der Waals surface area contributed by atoms with Gasteiger partial charge in [0, 0.05) is 25.3 Å². The minimum Gasteiger partial charge on any atom is -0.355 e. The van der Waals surface area contributed by atoms with Gasteiger partial charge in [-0.1, -0.05) is 17.5 Å². The van der Waals surface area contributed by atoms with E-state index in [9.17, 15) is 4.79 Å². The molecule has 1 amide bonds. The lowest BCUT2D eigenvalue weighted by molar-refractivity contribution is 0.0936. The molecule has 2 aromatic heterocycles. The van der Waals surface area contributed by atoms with Crippen LogP contribution in [0, 0.1) is 0 Å². The Bertz CT molecular complexity index is 630. The smallest absolute Gasteiger partial charge is 0.265 e. The highest BCUT2D eigenvalue weighted by atomic mass is 32.1. The summed E-state index contributed by atoms with van der Waals surface area (Å²) in [4.78, 5) is 19.6. The zero-order valence-electron chi connectivity index (χ0n) is 12.5. The molecule has 0 aromatic carbocycles. The molecule has 7 heteroatoms. The maximum Gasteiger partial charge on any atom is 0.265 e. The number of piperidine rings is 1. The topological polar surface area (TPSA) is 71.0 Å². The lowest BCUT2D eigenvalue weighted by Crippen LogP contribution is -2.48. The van der Waals surface area contributed by atoms with Crippen molar-refractivity contribution < 1.29 is 4.79 Å². The van der Waals surface area contributed by atoms with Crippen LogP contribution >= 0.6 is 11.5 Å². The summed E-state index contributed by atoms with van der Waals surface area (Å²) in [7, 11) is 0. The van der Waals surface area contributed by atoms with Gasteiger partial charge in [-0.3, -0.25) is 4.79 Å². The molecule has 116 valence electrons. The van der Waals surface area contributed by atoms with Crippen molar-refractivity contribution in [1.82, 2.24) is 19.9 Å². The Morgan fingerprint density at radius 2 is 2.41 bits per heavy atom. The first-order valence-corrected chi connectivity index (χ1v) is 8.33. The normalized spacial score (nSPS) is 18.2. The summed E-state index contributed by atoms with van der Waals surface area (Å²) in [6.45, 7) is 3.75. The van der Waals surface area contributed by atoms with Crippen LogP contribution in [0.2, 0.25) is 0 Å². The third-order valence-electron chi connectivity index (χ3n) is 3.83. The summed E-state index contributed by atoms with van der Waals surface area (Å²) in [6.07, 6.45) is 4.56. The number of carbonyl (C=O) groups is 1. The number of carbonyl (C=O) groups excluding carboxylic acids is 1. The third-order valence-corrected chi connectivity index (χ3v) is 4.59. The SMILES string of the molecule is CCc1nnsc1C(=O)NC1CCCN(c2ccccn2)C1. The minimum atomic E-state index is -0.0558. The second kappa shape index (κ2) is 6.83. The summed E-state index contributed by atoms with van der Waals surface area (Å²) in [5.74, 6) is 0.912. The van der Waals surface area contributed by atoms with E-state index < -0.39 is 0 Å². The lowest BCUT2D eigenvalue weighted by atomic mass is 10.1. The van der Waals surface area contributed by atoms with Gasteiger partial charge in [0.2, 0.25) is 0 Å². The molecule has 22 heavy (non-hydrogen) atoms. The number of anilines is 1. The summed E-state index contributed by atoms with van der Waals surface area (Å²) < 4.78 is 3.88. The van der Waals surface area contributed by atoms with Crippen LogP contribution < -0.4 is 10.2 Å². The number of amides is 1. The number of hydrogen-bond acceptors (Lipinski definition) is 6. The van der Waals surface area contributed by atoms with Gasteiger partial charge in [0.25, 0.3) is 5.91 Å². The second-order valence-electron chi connectivity index (χ2n) is 5.35. The minimum absolute atomic E-state index is 0.0558. The van der Waals surface area contributed by atoms with E-state index in [2.05, 4.69) is 24.8 Å². The molecule has 6 nitrogen and oxygen atoms in total. The first kappa shape index (κ1) is 14.9. The molecule has 3 rings (SSSR count). The summed E-state index contributed by atoms with van der Waals surface area (Å²) in [6, 6.07) is 6.04. The quantitative estimate of drug-likeness (QED) is 0.932. The Morgan fingerprint density at radius 3 is 3.18 bits per heavy atom. The molecule has 0 bridgehead atoms. The molecular formula is C15H19N5OS. The highest BCUT2D eigenvalue weighted by Crippen LogP contribution is 2.18. The first-order chi connectivity index (χ1) is 10.8. The van der Waals surface area contributed by atoms with E-state index >= 15 is 0 Å². The van der Waals surface area contributed by atoms with Gasteiger partial charge in [-0.15, -0.1) is 5.10 Å². The third kappa shape index (κ3) is 3.24. The lowest BCUT2D eigenvalue weighted by Gasteiger charge is -2.33. The first-order valence-electron chi connectivity index (χ1n) is 7.56. The Labute approximate surface area is 133 Å². The van der Waals surface area contributed by atoms with Crippen LogP contribution in [-0.2, 0) is 6.42 Å². The fourth-order valence-electron chi connectivity index (χ4n) is 2.71. The Morgan fingerprint density at radius 1 is 1.50 bits per heavy atom. The molecule has 1 N–H and O–H groups in total. The molecule has 3 heterocycles. The number of nitrogens with one attached hydrogen (secondary N) is 1. The van der Waals surface area contributed by atoms with Crippen molar-refractivity contribution >= 4 is 23.3 Å². The summed E-state index contributed by atoms with van der Waals surface area (Å²) in [5, 5.41) is 7.12. The Kier molecular flexibility index (Phi) is 4.62. The van der Waals surface area contributed by atoms with Crippen LogP contribution in [0.1, 0.15) is 35.1 Å². The van der Waals surface area contributed by atoms with Crippen LogP contribution in [0.15, 0.2) is 24.4 Å². The van der Waals surface area contributed by atoms with Crippen LogP contribution in [0.4, 0.5) is 5.82 Å². The van der Waals surface area contributed by atoms with Crippen molar-refractivity contribution in [3.63, 3.8) is 0 Å². The highest BCUT2D eigenvalue weighted by molar-refractivity contribution is 7.08. The zero-order chi connectivity index (χ0) is 15.4. The van der Waals surface area contributed by atoms with Gasteiger partial charge in [0.15, 0.2) is 0 Å². The predicted molar refractivity (Wildman–Crippen MR) is 86.2 cm³/mol. The van der Waals surface area contributed by atoms with Gasteiger partial charge < -0.3 is 10.2 Å². The number of pyridine rings is 1. The predicted octanol–water partition coefficient (Wildman–Crippen LogP) is 1.89. The fourth-order valence-corrected chi connectivity index (χ4v) is 3.36. The summed E-state index contributed by atoms with van der Waals surface area (Å²) in [5.41, 5.74) is 0.778. The van der Waals surface area contributed by atoms with Crippen LogP contribution in [-0.4, -0.2) is 39.6 Å². The molecule has 1 saturated heterocycles. The largest absolute Gasteiger partial charge is 0.355 e. The van der Waals surface area contributed by atoms with Gasteiger partial charge >= 0.3 is 0 Å². The molecule has 1 aliphatic rings. The van der Waals surface area contributed by atoms with Gasteiger partial charge in [-0.25, -0.2) is 4.98 Å². The van der Waals surface area contributed by atoms with Gasteiger partial charge in [-0.2, -0.15) is 0 Å². The Balaban J connectivity index is 1.64. The maximum absolute atomic E-state index is 12.4. The molecule has 1 aliphatic heterocycles. The number of rotatable bonds is 4. The van der Waals surface area contributed by atoms with E-state index in [4.69, 9.17) is 0 Å². The van der Waals surface area contributed by atoms with Crippen molar-refractivity contribution in [1.29, 1.82) is 0 Å². The van der Waals surface area contributed by atoms with Crippen molar-refractivity contribution in [2.75, 3.05) is 18.0 Å². The van der Waals surface area contributed by atoms with Crippen molar-refractivity contribution in [3.05, 3.63) is 35.0 Å². The second-order valence-corrected chi connectivity index (χ2v) is 6.10. The number of hydrogen-bond donors (Lipinski definition) is 1. The molecule has 0 saturated carbocycles. The van der Waals surface area contributed by atoms with E-state index in [0.717, 1.165) is 43.9 Å². The van der Waals surface area contributed by atoms with E-state index in [1.54, 1.807) is 6.20 Å². The maximum atomic E-state index is 12.4. The molecule has 0 spiro atoms. The fraction of sp³-hybridized carbons (Fsp3) is 0.467. The van der Waals surface area contributed by atoms with E-state index in [1.165, 1.54) is 11.5 Å². The average Bonchev–Trinajstić information content (AvgIpc) is 3.05. The molecule has 1 atom stereocenters. The monoisotopic (exact) mass is 317 g/mol. The van der Waals surface area contributed by atoms with E-state index in [1.807, 2.05) is 25.1 Å². The summed E-state index contributed by atoms with van der Waals surface area (Å²) >= 11 is 1.17. The number of aryl methyl sites for hydroxylation is 1. The van der Waals surface area contributed by atoms with Crippen molar-refractivity contribution in [2.45, 2.75) is 32.2 Å². The van der Waals surface area contributed by atoms with Crippen LogP contribution in [0.25, 0.3) is 0 Å². The number of aromatic nitrogens is 3.